The number of halogens is 1. The lowest BCUT2D eigenvalue weighted by molar-refractivity contribution is 0.0504. The molecule has 0 spiro atoms. The molecule has 0 saturated carbocycles. The molecule has 2 aromatic rings. The van der Waals surface area contributed by atoms with Crippen molar-refractivity contribution in [3.05, 3.63) is 53.9 Å². The van der Waals surface area contributed by atoms with Crippen molar-refractivity contribution in [3.63, 3.8) is 0 Å². The summed E-state index contributed by atoms with van der Waals surface area (Å²) in [7, 11) is 3.60. The van der Waals surface area contributed by atoms with Crippen LogP contribution in [0.25, 0.3) is 0 Å². The van der Waals surface area contributed by atoms with Gasteiger partial charge < -0.3 is 20.7 Å². The van der Waals surface area contributed by atoms with Gasteiger partial charge in [-0.15, -0.1) is 24.0 Å². The van der Waals surface area contributed by atoms with Crippen LogP contribution in [0.1, 0.15) is 38.1 Å². The number of aliphatic imine (C=N–C) groups is 1. The maximum Gasteiger partial charge on any atom is 0.408 e. The minimum atomic E-state index is -0.556. The number of hydrogen-bond donors (Lipinski definition) is 3. The number of nitrogens with one attached hydrogen (secondary N) is 3. The Labute approximate surface area is 189 Å². The van der Waals surface area contributed by atoms with Crippen molar-refractivity contribution in [3.8, 4) is 0 Å². The van der Waals surface area contributed by atoms with E-state index in [4.69, 9.17) is 4.74 Å². The second-order valence-electron chi connectivity index (χ2n) is 7.36. The van der Waals surface area contributed by atoms with Crippen LogP contribution in [0.4, 0.5) is 4.79 Å². The minimum absolute atomic E-state index is 0. The lowest BCUT2D eigenvalue weighted by Crippen LogP contribution is -2.44. The molecule has 1 unspecified atom stereocenters. The van der Waals surface area contributed by atoms with Gasteiger partial charge in [0.15, 0.2) is 5.96 Å². The van der Waals surface area contributed by atoms with Gasteiger partial charge in [0, 0.05) is 26.8 Å². The monoisotopic (exact) mass is 514 g/mol. The lowest BCUT2D eigenvalue weighted by Gasteiger charge is -2.24. The van der Waals surface area contributed by atoms with Crippen LogP contribution < -0.4 is 16.0 Å². The molecule has 9 heteroatoms. The number of guanidine groups is 1. The summed E-state index contributed by atoms with van der Waals surface area (Å²) >= 11 is 0. The fourth-order valence-electron chi connectivity index (χ4n) is 2.56. The molecule has 2 rings (SSSR count). The first-order chi connectivity index (χ1) is 13.3. The summed E-state index contributed by atoms with van der Waals surface area (Å²) in [5, 5.41) is 13.6. The molecule has 0 bridgehead atoms. The summed E-state index contributed by atoms with van der Waals surface area (Å²) in [4.78, 5) is 16.5. The largest absolute Gasteiger partial charge is 0.444 e. The predicted octanol–water partition coefficient (Wildman–Crippen LogP) is 2.97. The van der Waals surface area contributed by atoms with Gasteiger partial charge in [-0.05, 0) is 32.4 Å². The topological polar surface area (TPSA) is 92.6 Å². The Morgan fingerprint density at radius 2 is 1.90 bits per heavy atom. The van der Waals surface area contributed by atoms with Gasteiger partial charge >= 0.3 is 6.09 Å². The van der Waals surface area contributed by atoms with Gasteiger partial charge in [-0.3, -0.25) is 9.67 Å². The number of nitrogens with zero attached hydrogens (tertiary/aromatic N) is 3. The van der Waals surface area contributed by atoms with Gasteiger partial charge in [0.05, 0.1) is 18.3 Å². The molecule has 0 aliphatic carbocycles. The number of carbonyl (C=O) groups excluding carboxylic acids is 1. The first-order valence-corrected chi connectivity index (χ1v) is 9.24. The highest BCUT2D eigenvalue weighted by atomic mass is 127. The van der Waals surface area contributed by atoms with Gasteiger partial charge in [-0.1, -0.05) is 30.3 Å². The minimum Gasteiger partial charge on any atom is -0.444 e. The first-order valence-electron chi connectivity index (χ1n) is 9.24. The van der Waals surface area contributed by atoms with Crippen LogP contribution in [0, 0.1) is 0 Å². The molecule has 0 aliphatic rings. The van der Waals surface area contributed by atoms with Gasteiger partial charge in [0.25, 0.3) is 0 Å². The summed E-state index contributed by atoms with van der Waals surface area (Å²) in [6.45, 7) is 6.56. The van der Waals surface area contributed by atoms with E-state index >= 15 is 0 Å². The first kappa shape index (κ1) is 24.7. The number of benzene rings is 1. The van der Waals surface area contributed by atoms with E-state index in [0.717, 1.165) is 11.3 Å². The second-order valence-corrected chi connectivity index (χ2v) is 7.36. The molecule has 1 aromatic heterocycles. The normalized spacial score (nSPS) is 12.5. The van der Waals surface area contributed by atoms with Crippen molar-refractivity contribution in [2.75, 3.05) is 13.6 Å². The van der Waals surface area contributed by atoms with Crippen LogP contribution in [-0.2, 0) is 18.3 Å². The summed E-state index contributed by atoms with van der Waals surface area (Å²) in [6.07, 6.45) is 1.30. The number of amides is 1. The molecule has 160 valence electrons. The number of carbonyl (C=O) groups is 1. The summed E-state index contributed by atoms with van der Waals surface area (Å²) in [5.74, 6) is 0.633. The maximum absolute atomic E-state index is 12.3. The highest BCUT2D eigenvalue weighted by Crippen LogP contribution is 2.14. The molecule has 1 aromatic carbocycles. The standard InChI is InChI=1S/C20H30N6O2.HI/c1-20(2,3)28-19(27)25-17(15-9-7-6-8-10-15)14-23-18(21-4)22-13-16-11-12-24-26(16)5;/h6-12,17H,13-14H2,1-5H3,(H,25,27)(H2,21,22,23);1H. The highest BCUT2D eigenvalue weighted by molar-refractivity contribution is 14.0. The molecule has 0 fully saturated rings. The summed E-state index contributed by atoms with van der Waals surface area (Å²) in [6, 6.07) is 11.4. The smallest absolute Gasteiger partial charge is 0.408 e. The Morgan fingerprint density at radius 1 is 1.21 bits per heavy atom. The highest BCUT2D eigenvalue weighted by Gasteiger charge is 2.20. The average Bonchev–Trinajstić information content (AvgIpc) is 3.05. The van der Waals surface area contributed by atoms with Gasteiger partial charge in [-0.2, -0.15) is 5.10 Å². The molecule has 1 amide bonds. The van der Waals surface area contributed by atoms with Gasteiger partial charge in [-0.25, -0.2) is 4.79 Å². The van der Waals surface area contributed by atoms with Crippen molar-refractivity contribution in [1.82, 2.24) is 25.7 Å². The third kappa shape index (κ3) is 8.71. The molecule has 1 atom stereocenters. The molecule has 0 saturated heterocycles. The Morgan fingerprint density at radius 3 is 2.45 bits per heavy atom. The third-order valence-corrected chi connectivity index (χ3v) is 3.95. The van der Waals surface area contributed by atoms with E-state index in [9.17, 15) is 4.79 Å². The fourth-order valence-corrected chi connectivity index (χ4v) is 2.56. The van der Waals surface area contributed by atoms with Crippen molar-refractivity contribution in [2.24, 2.45) is 12.0 Å². The zero-order valence-electron chi connectivity index (χ0n) is 17.6. The average molecular weight is 514 g/mol. The molecule has 3 N–H and O–H groups in total. The zero-order chi connectivity index (χ0) is 20.6. The molecule has 8 nitrogen and oxygen atoms in total. The van der Waals surface area contributed by atoms with E-state index < -0.39 is 11.7 Å². The van der Waals surface area contributed by atoms with Crippen molar-refractivity contribution in [1.29, 1.82) is 0 Å². The number of alkyl carbamates (subject to hydrolysis) is 1. The third-order valence-electron chi connectivity index (χ3n) is 3.95. The summed E-state index contributed by atoms with van der Waals surface area (Å²) < 4.78 is 7.20. The van der Waals surface area contributed by atoms with E-state index in [0.29, 0.717) is 19.0 Å². The van der Waals surface area contributed by atoms with Crippen LogP contribution in [0.5, 0.6) is 0 Å². The van der Waals surface area contributed by atoms with Gasteiger partial charge in [0.2, 0.25) is 0 Å². The summed E-state index contributed by atoms with van der Waals surface area (Å²) in [5.41, 5.74) is 1.46. The Kier molecular flexibility index (Phi) is 9.93. The molecule has 29 heavy (non-hydrogen) atoms. The van der Waals surface area contributed by atoms with E-state index in [2.05, 4.69) is 26.0 Å². The maximum atomic E-state index is 12.3. The van der Waals surface area contributed by atoms with E-state index in [1.165, 1.54) is 0 Å². The quantitative estimate of drug-likeness (QED) is 0.313. The van der Waals surface area contributed by atoms with Crippen molar-refractivity contribution in [2.45, 2.75) is 39.0 Å². The van der Waals surface area contributed by atoms with Crippen molar-refractivity contribution >= 4 is 36.0 Å². The SMILES string of the molecule is CN=C(NCc1ccnn1C)NCC(NC(=O)OC(C)(C)C)c1ccccc1.I. The number of ether oxygens (including phenoxy) is 1. The van der Waals surface area contributed by atoms with Crippen molar-refractivity contribution < 1.29 is 9.53 Å². The number of hydrogen-bond acceptors (Lipinski definition) is 4. The second kappa shape index (κ2) is 11.6. The molecule has 0 aliphatic heterocycles. The van der Waals surface area contributed by atoms with E-state index in [1.807, 2.05) is 64.2 Å². The van der Waals surface area contributed by atoms with Gasteiger partial charge in [0.1, 0.15) is 5.60 Å². The van der Waals surface area contributed by atoms with Crippen LogP contribution >= 0.6 is 24.0 Å². The Balaban J connectivity index is 0.00000420. The van der Waals surface area contributed by atoms with Crippen LogP contribution in [0.2, 0.25) is 0 Å². The Bertz CT molecular complexity index is 786. The number of rotatable bonds is 6. The predicted molar refractivity (Wildman–Crippen MR) is 125 cm³/mol. The molecule has 1 heterocycles. The number of aromatic nitrogens is 2. The van der Waals surface area contributed by atoms with Crippen LogP contribution in [0.3, 0.4) is 0 Å². The molecule has 0 radical (unpaired) electrons. The fraction of sp³-hybridized carbons (Fsp3) is 0.450. The van der Waals surface area contributed by atoms with Crippen LogP contribution in [-0.4, -0.2) is 41.0 Å². The lowest BCUT2D eigenvalue weighted by atomic mass is 10.1. The molecular weight excluding hydrogens is 483 g/mol. The molecular formula is C20H31IN6O2. The van der Waals surface area contributed by atoms with E-state index in [1.54, 1.807) is 17.9 Å². The van der Waals surface area contributed by atoms with E-state index in [-0.39, 0.29) is 30.0 Å². The Hall–Kier alpha value is -2.30. The number of aryl methyl sites for hydroxylation is 1. The zero-order valence-corrected chi connectivity index (χ0v) is 19.9. The van der Waals surface area contributed by atoms with Crippen LogP contribution in [0.15, 0.2) is 47.6 Å².